The molecule has 0 fully saturated rings. The third-order valence-corrected chi connectivity index (χ3v) is 2.59. The molecule has 0 aliphatic rings. The molecule has 102 valence electrons. The van der Waals surface area contributed by atoms with Crippen molar-refractivity contribution in [3.63, 3.8) is 0 Å². The molecule has 18 heavy (non-hydrogen) atoms. The minimum Gasteiger partial charge on any atom is -0.317 e. The molecule has 1 aromatic carbocycles. The second-order valence-corrected chi connectivity index (χ2v) is 4.12. The zero-order valence-electron chi connectivity index (χ0n) is 9.82. The summed E-state index contributed by atoms with van der Waals surface area (Å²) in [7, 11) is 1.52. The van der Waals surface area contributed by atoms with E-state index in [0.29, 0.717) is 5.56 Å². The molecular weight excluding hydrogens is 253 g/mol. The van der Waals surface area contributed by atoms with Crippen LogP contribution in [-0.4, -0.2) is 19.3 Å². The van der Waals surface area contributed by atoms with Gasteiger partial charge in [0, 0.05) is 18.5 Å². The molecule has 1 rings (SSSR count). The van der Waals surface area contributed by atoms with Crippen molar-refractivity contribution in [2.24, 2.45) is 0 Å². The zero-order valence-corrected chi connectivity index (χ0v) is 9.82. The van der Waals surface area contributed by atoms with E-state index in [1.807, 2.05) is 0 Å². The summed E-state index contributed by atoms with van der Waals surface area (Å²) < 4.78 is 62.0. The maximum Gasteiger partial charge on any atom is 0.389 e. The lowest BCUT2D eigenvalue weighted by atomic mass is 10.0. The number of hydrogen-bond donors (Lipinski definition) is 1. The van der Waals surface area contributed by atoms with E-state index in [1.54, 1.807) is 0 Å². The first-order chi connectivity index (χ1) is 8.30. The van der Waals surface area contributed by atoms with Crippen LogP contribution < -0.4 is 5.32 Å². The molecule has 6 heteroatoms. The first kappa shape index (κ1) is 14.9. The zero-order chi connectivity index (χ0) is 13.8. The van der Waals surface area contributed by atoms with Crippen molar-refractivity contribution < 1.29 is 22.0 Å². The summed E-state index contributed by atoms with van der Waals surface area (Å²) in [6.07, 6.45) is -5.11. The largest absolute Gasteiger partial charge is 0.389 e. The van der Waals surface area contributed by atoms with Crippen LogP contribution in [0.4, 0.5) is 22.0 Å². The number of halogens is 5. The molecule has 0 bridgehead atoms. The van der Waals surface area contributed by atoms with E-state index in [4.69, 9.17) is 0 Å². The molecular formula is C12H14F5N. The SMILES string of the molecule is CNC(CCC(F)(F)F)Cc1cc(F)cc(F)c1. The fraction of sp³-hybridized carbons (Fsp3) is 0.500. The molecule has 0 radical (unpaired) electrons. The van der Waals surface area contributed by atoms with Crippen LogP contribution in [0.2, 0.25) is 0 Å². The minimum atomic E-state index is -4.22. The Bertz CT molecular complexity index is 368. The first-order valence-corrected chi connectivity index (χ1v) is 5.49. The van der Waals surface area contributed by atoms with Gasteiger partial charge in [-0.25, -0.2) is 8.78 Å². The van der Waals surface area contributed by atoms with Crippen molar-refractivity contribution in [1.82, 2.24) is 5.32 Å². The Morgan fingerprint density at radius 3 is 2.11 bits per heavy atom. The van der Waals surface area contributed by atoms with Gasteiger partial charge in [-0.05, 0) is 37.6 Å². The Hall–Kier alpha value is -1.17. The molecule has 1 aromatic rings. The van der Waals surface area contributed by atoms with E-state index in [9.17, 15) is 22.0 Å². The van der Waals surface area contributed by atoms with Crippen molar-refractivity contribution in [3.05, 3.63) is 35.4 Å². The Morgan fingerprint density at radius 1 is 1.11 bits per heavy atom. The van der Waals surface area contributed by atoms with Gasteiger partial charge in [0.25, 0.3) is 0 Å². The van der Waals surface area contributed by atoms with Crippen LogP contribution in [0, 0.1) is 11.6 Å². The van der Waals surface area contributed by atoms with Crippen molar-refractivity contribution in [2.45, 2.75) is 31.5 Å². The van der Waals surface area contributed by atoms with Crippen molar-refractivity contribution in [3.8, 4) is 0 Å². The smallest absolute Gasteiger partial charge is 0.317 e. The summed E-state index contributed by atoms with van der Waals surface area (Å²) in [6.45, 7) is 0. The van der Waals surface area contributed by atoms with E-state index >= 15 is 0 Å². The summed E-state index contributed by atoms with van der Waals surface area (Å²) >= 11 is 0. The van der Waals surface area contributed by atoms with Crippen LogP contribution in [0.3, 0.4) is 0 Å². The number of alkyl halides is 3. The van der Waals surface area contributed by atoms with E-state index in [0.717, 1.165) is 18.2 Å². The van der Waals surface area contributed by atoms with Crippen molar-refractivity contribution in [2.75, 3.05) is 7.05 Å². The maximum atomic E-state index is 12.9. The summed E-state index contributed by atoms with van der Waals surface area (Å²) in [5, 5.41) is 2.72. The lowest BCUT2D eigenvalue weighted by Crippen LogP contribution is -2.29. The Morgan fingerprint density at radius 2 is 1.67 bits per heavy atom. The number of benzene rings is 1. The standard InChI is InChI=1S/C12H14F5N/c1-18-11(2-3-12(15,16)17)6-8-4-9(13)7-10(14)5-8/h4-5,7,11,18H,2-3,6H2,1H3. The van der Waals surface area contributed by atoms with Crippen LogP contribution in [0.15, 0.2) is 18.2 Å². The molecule has 1 unspecified atom stereocenters. The fourth-order valence-electron chi connectivity index (χ4n) is 1.70. The van der Waals surface area contributed by atoms with Gasteiger partial charge < -0.3 is 5.32 Å². The van der Waals surface area contributed by atoms with Gasteiger partial charge in [-0.2, -0.15) is 13.2 Å². The number of rotatable bonds is 5. The second-order valence-electron chi connectivity index (χ2n) is 4.12. The third-order valence-electron chi connectivity index (χ3n) is 2.59. The highest BCUT2D eigenvalue weighted by Gasteiger charge is 2.28. The molecule has 0 spiro atoms. The summed E-state index contributed by atoms with van der Waals surface area (Å²) in [4.78, 5) is 0. The average Bonchev–Trinajstić information content (AvgIpc) is 2.21. The van der Waals surface area contributed by atoms with Crippen molar-refractivity contribution in [1.29, 1.82) is 0 Å². The van der Waals surface area contributed by atoms with E-state index in [2.05, 4.69) is 5.32 Å². The molecule has 0 saturated heterocycles. The Balaban J connectivity index is 2.62. The number of nitrogens with one attached hydrogen (secondary N) is 1. The molecule has 0 heterocycles. The summed E-state index contributed by atoms with van der Waals surface area (Å²) in [5.41, 5.74) is 0.342. The second kappa shape index (κ2) is 6.13. The van der Waals surface area contributed by atoms with Gasteiger partial charge in [0.2, 0.25) is 0 Å². The molecule has 1 nitrogen and oxygen atoms in total. The molecule has 0 aliphatic carbocycles. The van der Waals surface area contributed by atoms with Gasteiger partial charge in [0.1, 0.15) is 11.6 Å². The highest BCUT2D eigenvalue weighted by molar-refractivity contribution is 5.18. The first-order valence-electron chi connectivity index (χ1n) is 5.49. The van der Waals surface area contributed by atoms with E-state index in [1.165, 1.54) is 7.05 Å². The number of likely N-dealkylation sites (N-methyl/N-ethyl adjacent to an activating group) is 1. The monoisotopic (exact) mass is 267 g/mol. The van der Waals surface area contributed by atoms with Crippen LogP contribution in [0.5, 0.6) is 0 Å². The van der Waals surface area contributed by atoms with Gasteiger partial charge in [-0.15, -0.1) is 0 Å². The molecule has 0 aromatic heterocycles. The fourth-order valence-corrected chi connectivity index (χ4v) is 1.70. The molecule has 0 amide bonds. The van der Waals surface area contributed by atoms with Crippen LogP contribution in [-0.2, 0) is 6.42 Å². The summed E-state index contributed by atoms with van der Waals surface area (Å²) in [6, 6.07) is 2.52. The predicted molar refractivity (Wildman–Crippen MR) is 58.2 cm³/mol. The highest BCUT2D eigenvalue weighted by Crippen LogP contribution is 2.23. The predicted octanol–water partition coefficient (Wildman–Crippen LogP) is 3.44. The van der Waals surface area contributed by atoms with Gasteiger partial charge in [-0.3, -0.25) is 0 Å². The minimum absolute atomic E-state index is 0.127. The van der Waals surface area contributed by atoms with Gasteiger partial charge in [-0.1, -0.05) is 0 Å². The quantitative estimate of drug-likeness (QED) is 0.806. The molecule has 1 N–H and O–H groups in total. The van der Waals surface area contributed by atoms with Crippen LogP contribution >= 0.6 is 0 Å². The molecule has 1 atom stereocenters. The lowest BCUT2D eigenvalue weighted by molar-refractivity contribution is -0.136. The molecule has 0 aliphatic heterocycles. The number of hydrogen-bond acceptors (Lipinski definition) is 1. The summed E-state index contributed by atoms with van der Waals surface area (Å²) in [5.74, 6) is -1.45. The van der Waals surface area contributed by atoms with Gasteiger partial charge in [0.05, 0.1) is 0 Å². The van der Waals surface area contributed by atoms with Crippen molar-refractivity contribution >= 4 is 0 Å². The Labute approximate surface area is 102 Å². The maximum absolute atomic E-state index is 12.9. The van der Waals surface area contributed by atoms with E-state index < -0.39 is 30.3 Å². The van der Waals surface area contributed by atoms with Crippen LogP contribution in [0.25, 0.3) is 0 Å². The Kier molecular flexibility index (Phi) is 5.07. The normalized spacial score (nSPS) is 13.7. The third kappa shape index (κ3) is 5.44. The molecule has 0 saturated carbocycles. The average molecular weight is 267 g/mol. The van der Waals surface area contributed by atoms with Crippen LogP contribution in [0.1, 0.15) is 18.4 Å². The topological polar surface area (TPSA) is 12.0 Å². The lowest BCUT2D eigenvalue weighted by Gasteiger charge is -2.17. The highest BCUT2D eigenvalue weighted by atomic mass is 19.4. The van der Waals surface area contributed by atoms with E-state index in [-0.39, 0.29) is 12.8 Å². The van der Waals surface area contributed by atoms with Gasteiger partial charge >= 0.3 is 6.18 Å². The van der Waals surface area contributed by atoms with Gasteiger partial charge in [0.15, 0.2) is 0 Å².